The third-order valence-electron chi connectivity index (χ3n) is 0. The van der Waals surface area contributed by atoms with Crippen LogP contribution in [0.1, 0.15) is 0 Å². The van der Waals surface area contributed by atoms with Gasteiger partial charge in [-0.15, -0.1) is 0 Å². The average molecular weight is 284 g/mol. The van der Waals surface area contributed by atoms with E-state index in [2.05, 4.69) is 0 Å². The molecule has 0 aromatic rings. The van der Waals surface area contributed by atoms with Gasteiger partial charge >= 0.3 is 27.5 Å². The first-order valence-corrected chi connectivity index (χ1v) is 1.60. The summed E-state index contributed by atoms with van der Waals surface area (Å²) in [4.78, 5) is 0. The molecule has 0 saturated carbocycles. The van der Waals surface area contributed by atoms with Gasteiger partial charge in [0, 0.05) is 29.6 Å². The van der Waals surface area contributed by atoms with Gasteiger partial charge in [-0.1, -0.05) is 0 Å². The Hall–Kier alpha value is 1.60. The Morgan fingerprint density at radius 3 is 1.00 bits per heavy atom. The van der Waals surface area contributed by atoms with Crippen molar-refractivity contribution in [1.29, 1.82) is 0 Å². The molecule has 4 N–H and O–H groups in total. The molecule has 0 fully saturated rings. The van der Waals surface area contributed by atoms with Crippen molar-refractivity contribution < 1.29 is 13.8 Å². The normalized spacial score (nSPS) is 0.800. The Morgan fingerprint density at radius 2 is 1.00 bits per heavy atom. The summed E-state index contributed by atoms with van der Waals surface area (Å²) in [5, 5.41) is 0. The van der Waals surface area contributed by atoms with E-state index < -0.39 is 0 Å². The monoisotopic (exact) mass is 284 g/mol. The molecule has 0 aliphatic carbocycles. The van der Waals surface area contributed by atoms with Crippen molar-refractivity contribution >= 4 is 54.3 Å². The molecule has 0 heterocycles. The van der Waals surface area contributed by atoms with Crippen LogP contribution in [0, 0.1) is 0 Å². The standard InChI is InChI=1S/Bi.Na.2H2O.O/h;;2*1H2;. The minimum absolute atomic E-state index is 0. The van der Waals surface area contributed by atoms with Crippen LogP contribution in [0.4, 0.5) is 0 Å². The van der Waals surface area contributed by atoms with Crippen molar-refractivity contribution in [3.8, 4) is 0 Å². The van der Waals surface area contributed by atoms with Crippen molar-refractivity contribution in [2.24, 2.45) is 0 Å². The van der Waals surface area contributed by atoms with Gasteiger partial charge < -0.3 is 11.0 Å². The molecule has 0 saturated heterocycles. The molecule has 5 heavy (non-hydrogen) atoms. The zero-order chi connectivity index (χ0) is 2.00. The third-order valence-corrected chi connectivity index (χ3v) is 0. The van der Waals surface area contributed by atoms with E-state index >= 15 is 0 Å². The summed E-state index contributed by atoms with van der Waals surface area (Å²) in [5.74, 6) is 0. The Kier molecular flexibility index (Phi) is 283. The minimum atomic E-state index is 0. The van der Waals surface area contributed by atoms with Crippen LogP contribution in [-0.4, -0.2) is 65.2 Å². The van der Waals surface area contributed by atoms with Gasteiger partial charge in [-0.05, 0) is 0 Å². The SMILES string of the molecule is O.O.[Na].[O]=[Bi]. The van der Waals surface area contributed by atoms with Crippen LogP contribution in [0.25, 0.3) is 0 Å². The zero-order valence-corrected chi connectivity index (χ0v) is 8.33. The van der Waals surface area contributed by atoms with Gasteiger partial charge in [0.05, 0.1) is 0 Å². The van der Waals surface area contributed by atoms with Gasteiger partial charge in [0.25, 0.3) is 0 Å². The predicted molar refractivity (Wildman–Crippen MR) is 19.4 cm³/mol. The van der Waals surface area contributed by atoms with E-state index in [1.54, 1.807) is 0 Å². The van der Waals surface area contributed by atoms with Crippen LogP contribution in [0.2, 0.25) is 0 Å². The van der Waals surface area contributed by atoms with Gasteiger partial charge in [-0.3, -0.25) is 0 Å². The van der Waals surface area contributed by atoms with Gasteiger partial charge in [0.1, 0.15) is 0 Å². The topological polar surface area (TPSA) is 80.1 Å². The molecule has 0 bridgehead atoms. The average Bonchev–Trinajstić information content (AvgIpc) is 1.00. The molecular formula is H4BiNaO3. The Bertz CT molecular complexity index is 6.85. The van der Waals surface area contributed by atoms with Gasteiger partial charge in [-0.2, -0.15) is 0 Å². The van der Waals surface area contributed by atoms with E-state index in [4.69, 9.17) is 2.81 Å². The summed E-state index contributed by atoms with van der Waals surface area (Å²) in [6.45, 7) is 0. The molecule has 0 atom stereocenters. The fraction of sp³-hybridized carbons (Fsp3) is 0. The van der Waals surface area contributed by atoms with E-state index in [-0.39, 0.29) is 65.2 Å². The molecule has 0 aromatic heterocycles. The van der Waals surface area contributed by atoms with Gasteiger partial charge in [-0.25, -0.2) is 0 Å². The van der Waals surface area contributed by atoms with E-state index in [0.29, 0.717) is 0 Å². The molecule has 0 unspecified atom stereocenters. The second-order valence-electron chi connectivity index (χ2n) is 0. The van der Waals surface area contributed by atoms with Crippen LogP contribution in [-0.2, 0) is 2.81 Å². The summed E-state index contributed by atoms with van der Waals surface area (Å²) in [6.07, 6.45) is 0. The van der Waals surface area contributed by atoms with Crippen LogP contribution in [0.5, 0.6) is 0 Å². The van der Waals surface area contributed by atoms with Crippen molar-refractivity contribution in [2.75, 3.05) is 0 Å². The molecule has 2 radical (unpaired) electrons. The van der Waals surface area contributed by atoms with Crippen LogP contribution >= 0.6 is 0 Å². The number of rotatable bonds is 0. The second kappa shape index (κ2) is 46.2. The Morgan fingerprint density at radius 1 is 1.00 bits per heavy atom. The van der Waals surface area contributed by atoms with Crippen LogP contribution in [0.3, 0.4) is 0 Å². The van der Waals surface area contributed by atoms with Crippen molar-refractivity contribution in [3.63, 3.8) is 0 Å². The van der Waals surface area contributed by atoms with Crippen molar-refractivity contribution in [3.05, 3.63) is 0 Å². The molecule has 28 valence electrons. The maximum atomic E-state index is 8.36. The number of hydrogen-bond acceptors (Lipinski definition) is 1. The Labute approximate surface area is 67.3 Å². The van der Waals surface area contributed by atoms with E-state index in [1.165, 1.54) is 0 Å². The van der Waals surface area contributed by atoms with Crippen LogP contribution in [0.15, 0.2) is 0 Å². The molecular weight excluding hydrogens is 280 g/mol. The number of hydrogen-bond donors (Lipinski definition) is 0. The first-order valence-electron chi connectivity index (χ1n) is 0.183. The first-order chi connectivity index (χ1) is 1.00. The molecule has 0 spiro atoms. The van der Waals surface area contributed by atoms with Crippen LogP contribution < -0.4 is 0 Å². The van der Waals surface area contributed by atoms with E-state index in [9.17, 15) is 0 Å². The summed E-state index contributed by atoms with van der Waals surface area (Å²) >= 11 is 0.194. The fourth-order valence-corrected chi connectivity index (χ4v) is 0. The van der Waals surface area contributed by atoms with Crippen molar-refractivity contribution in [1.82, 2.24) is 0 Å². The fourth-order valence-electron chi connectivity index (χ4n) is 0. The van der Waals surface area contributed by atoms with Gasteiger partial charge in [0.15, 0.2) is 0 Å². The van der Waals surface area contributed by atoms with E-state index in [0.717, 1.165) is 0 Å². The third kappa shape index (κ3) is 28.3. The molecule has 5 heteroatoms. The zero-order valence-electron chi connectivity index (χ0n) is 2.86. The first kappa shape index (κ1) is 30.6. The molecule has 0 amide bonds. The Balaban J connectivity index is -0.00000000167. The predicted octanol–water partition coefficient (Wildman–Crippen LogP) is -2.53. The molecule has 0 rings (SSSR count). The second-order valence-corrected chi connectivity index (χ2v) is 0. The molecule has 0 aliphatic rings. The quantitative estimate of drug-likeness (QED) is 0.452. The van der Waals surface area contributed by atoms with Gasteiger partial charge in [0.2, 0.25) is 0 Å². The summed E-state index contributed by atoms with van der Waals surface area (Å²) < 4.78 is 8.36. The summed E-state index contributed by atoms with van der Waals surface area (Å²) in [5.41, 5.74) is 0. The molecule has 3 nitrogen and oxygen atoms in total. The van der Waals surface area contributed by atoms with Crippen molar-refractivity contribution in [2.45, 2.75) is 0 Å². The molecule has 0 aliphatic heterocycles. The summed E-state index contributed by atoms with van der Waals surface area (Å²) in [6, 6.07) is 0. The van der Waals surface area contributed by atoms with E-state index in [1.807, 2.05) is 0 Å². The summed E-state index contributed by atoms with van der Waals surface area (Å²) in [7, 11) is 0. The maximum absolute atomic E-state index is 8.36. The molecule has 0 aromatic carbocycles.